The first kappa shape index (κ1) is 17.5. The average molecular weight is 332 g/mol. The summed E-state index contributed by atoms with van der Waals surface area (Å²) in [6, 6.07) is 9.49. The summed E-state index contributed by atoms with van der Waals surface area (Å²) in [5, 5.41) is 5.64. The number of ether oxygens (including phenoxy) is 1. The second-order valence-corrected chi connectivity index (χ2v) is 6.24. The number of rotatable bonds is 4. The zero-order chi connectivity index (χ0) is 17.7. The minimum atomic E-state index is -0.594. The summed E-state index contributed by atoms with van der Waals surface area (Å²) < 4.78 is 18.0. The van der Waals surface area contributed by atoms with E-state index in [0.29, 0.717) is 18.1 Å². The molecule has 0 saturated carbocycles. The Morgan fingerprint density at radius 1 is 1.21 bits per heavy atom. The second kappa shape index (κ2) is 7.16. The fraction of sp³-hybridized carbons (Fsp3) is 0.294. The van der Waals surface area contributed by atoms with Gasteiger partial charge in [0.25, 0.3) is 0 Å². The number of hydrogen-bond donors (Lipinski definition) is 3. The molecule has 1 aromatic heterocycles. The Hall–Kier alpha value is -2.83. The molecule has 0 aliphatic rings. The van der Waals surface area contributed by atoms with Gasteiger partial charge in [-0.05, 0) is 50.6 Å². The standard InChI is InChI=1S/C17H21FN4O2/c1-17(2,3)24-16(23)21-13-8-9-14(22-15(13)19)20-10-11-4-6-12(18)7-5-11/h4-9H,10H2,1-3H3,(H,21,23)(H3,19,20,22). The molecule has 0 radical (unpaired) electrons. The molecule has 7 heteroatoms. The molecular weight excluding hydrogens is 311 g/mol. The molecule has 1 heterocycles. The van der Waals surface area contributed by atoms with Crippen molar-refractivity contribution in [2.45, 2.75) is 32.9 Å². The van der Waals surface area contributed by atoms with Crippen molar-refractivity contribution < 1.29 is 13.9 Å². The van der Waals surface area contributed by atoms with Crippen LogP contribution in [-0.2, 0) is 11.3 Å². The Morgan fingerprint density at radius 3 is 2.46 bits per heavy atom. The maximum atomic E-state index is 12.9. The number of anilines is 3. The number of pyridine rings is 1. The largest absolute Gasteiger partial charge is 0.444 e. The lowest BCUT2D eigenvalue weighted by molar-refractivity contribution is 0.0636. The van der Waals surface area contributed by atoms with Gasteiger partial charge in [0.15, 0.2) is 0 Å². The van der Waals surface area contributed by atoms with Crippen molar-refractivity contribution in [2.75, 3.05) is 16.4 Å². The molecular formula is C17H21FN4O2. The molecule has 2 aromatic rings. The van der Waals surface area contributed by atoms with E-state index in [0.717, 1.165) is 5.56 Å². The van der Waals surface area contributed by atoms with E-state index in [1.165, 1.54) is 12.1 Å². The summed E-state index contributed by atoms with van der Waals surface area (Å²) >= 11 is 0. The van der Waals surface area contributed by atoms with E-state index < -0.39 is 11.7 Å². The van der Waals surface area contributed by atoms with Crippen LogP contribution in [0.15, 0.2) is 36.4 Å². The monoisotopic (exact) mass is 332 g/mol. The third-order valence-corrected chi connectivity index (χ3v) is 2.95. The Morgan fingerprint density at radius 2 is 1.88 bits per heavy atom. The van der Waals surface area contributed by atoms with Crippen LogP contribution in [0, 0.1) is 5.82 Å². The number of halogens is 1. The number of amides is 1. The van der Waals surface area contributed by atoms with Crippen molar-refractivity contribution in [3.63, 3.8) is 0 Å². The molecule has 0 atom stereocenters. The summed E-state index contributed by atoms with van der Waals surface area (Å²) in [7, 11) is 0. The van der Waals surface area contributed by atoms with Crippen LogP contribution in [0.1, 0.15) is 26.3 Å². The molecule has 2 rings (SSSR count). The molecule has 1 aromatic carbocycles. The summed E-state index contributed by atoms with van der Waals surface area (Å²) in [5.74, 6) is 0.440. The first-order valence-electron chi connectivity index (χ1n) is 7.48. The summed E-state index contributed by atoms with van der Waals surface area (Å²) in [6.07, 6.45) is -0.594. The number of hydrogen-bond acceptors (Lipinski definition) is 5. The fourth-order valence-corrected chi connectivity index (χ4v) is 1.89. The minimum Gasteiger partial charge on any atom is -0.444 e. The van der Waals surface area contributed by atoms with Crippen LogP contribution < -0.4 is 16.4 Å². The van der Waals surface area contributed by atoms with Crippen molar-refractivity contribution in [1.29, 1.82) is 0 Å². The first-order valence-corrected chi connectivity index (χ1v) is 7.48. The Labute approximate surface area is 140 Å². The topological polar surface area (TPSA) is 89.3 Å². The minimum absolute atomic E-state index is 0.171. The summed E-state index contributed by atoms with van der Waals surface area (Å²) in [4.78, 5) is 15.9. The van der Waals surface area contributed by atoms with Gasteiger partial charge in [-0.15, -0.1) is 0 Å². The Bertz CT molecular complexity index is 712. The number of carbonyl (C=O) groups is 1. The SMILES string of the molecule is CC(C)(C)OC(=O)Nc1ccc(NCc2ccc(F)cc2)nc1N. The van der Waals surface area contributed by atoms with E-state index in [4.69, 9.17) is 10.5 Å². The lowest BCUT2D eigenvalue weighted by Crippen LogP contribution is -2.27. The number of nitrogens with one attached hydrogen (secondary N) is 2. The first-order chi connectivity index (χ1) is 11.2. The van der Waals surface area contributed by atoms with Gasteiger partial charge < -0.3 is 15.8 Å². The Kier molecular flexibility index (Phi) is 5.23. The fourth-order valence-electron chi connectivity index (χ4n) is 1.89. The van der Waals surface area contributed by atoms with E-state index in [2.05, 4.69) is 15.6 Å². The highest BCUT2D eigenvalue weighted by molar-refractivity contribution is 5.88. The molecule has 0 aliphatic heterocycles. The van der Waals surface area contributed by atoms with Gasteiger partial charge in [-0.25, -0.2) is 14.2 Å². The van der Waals surface area contributed by atoms with Crippen LogP contribution in [0.4, 0.5) is 26.5 Å². The molecule has 24 heavy (non-hydrogen) atoms. The van der Waals surface area contributed by atoms with Gasteiger partial charge in [-0.1, -0.05) is 12.1 Å². The van der Waals surface area contributed by atoms with Gasteiger partial charge in [0.05, 0.1) is 5.69 Å². The average Bonchev–Trinajstić information content (AvgIpc) is 2.47. The van der Waals surface area contributed by atoms with Crippen molar-refractivity contribution in [1.82, 2.24) is 4.98 Å². The van der Waals surface area contributed by atoms with Crippen LogP contribution in [0.25, 0.3) is 0 Å². The predicted molar refractivity (Wildman–Crippen MR) is 92.2 cm³/mol. The highest BCUT2D eigenvalue weighted by Crippen LogP contribution is 2.20. The number of aromatic nitrogens is 1. The van der Waals surface area contributed by atoms with Crippen molar-refractivity contribution >= 4 is 23.4 Å². The number of nitrogens with zero attached hydrogens (tertiary/aromatic N) is 1. The van der Waals surface area contributed by atoms with E-state index in [1.54, 1.807) is 45.0 Å². The van der Waals surface area contributed by atoms with Crippen molar-refractivity contribution in [3.8, 4) is 0 Å². The van der Waals surface area contributed by atoms with E-state index in [1.807, 2.05) is 0 Å². The molecule has 0 bridgehead atoms. The van der Waals surface area contributed by atoms with Crippen LogP contribution in [0.5, 0.6) is 0 Å². The van der Waals surface area contributed by atoms with Crippen LogP contribution in [0.3, 0.4) is 0 Å². The van der Waals surface area contributed by atoms with E-state index >= 15 is 0 Å². The molecule has 1 amide bonds. The summed E-state index contributed by atoms with van der Waals surface area (Å²) in [6.45, 7) is 5.80. The lowest BCUT2D eigenvalue weighted by Gasteiger charge is -2.20. The maximum Gasteiger partial charge on any atom is 0.412 e. The third kappa shape index (κ3) is 5.42. The quantitative estimate of drug-likeness (QED) is 0.793. The number of nitrogen functional groups attached to an aromatic ring is 1. The van der Waals surface area contributed by atoms with Crippen LogP contribution >= 0.6 is 0 Å². The maximum absolute atomic E-state index is 12.9. The zero-order valence-corrected chi connectivity index (χ0v) is 13.9. The van der Waals surface area contributed by atoms with Gasteiger partial charge in [0.1, 0.15) is 23.1 Å². The smallest absolute Gasteiger partial charge is 0.412 e. The molecule has 0 aliphatic carbocycles. The van der Waals surface area contributed by atoms with Crippen LogP contribution in [0.2, 0.25) is 0 Å². The van der Waals surface area contributed by atoms with Gasteiger partial charge >= 0.3 is 6.09 Å². The lowest BCUT2D eigenvalue weighted by atomic mass is 10.2. The highest BCUT2D eigenvalue weighted by atomic mass is 19.1. The van der Waals surface area contributed by atoms with E-state index in [9.17, 15) is 9.18 Å². The third-order valence-electron chi connectivity index (χ3n) is 2.95. The molecule has 0 fully saturated rings. The molecule has 0 saturated heterocycles. The predicted octanol–water partition coefficient (Wildman–Crippen LogP) is 3.76. The molecule has 0 spiro atoms. The number of nitrogens with two attached hydrogens (primary N) is 1. The van der Waals surface area contributed by atoms with Crippen molar-refractivity contribution in [2.24, 2.45) is 0 Å². The van der Waals surface area contributed by atoms with Gasteiger partial charge in [-0.2, -0.15) is 0 Å². The highest BCUT2D eigenvalue weighted by Gasteiger charge is 2.17. The second-order valence-electron chi connectivity index (χ2n) is 6.24. The molecule has 0 unspecified atom stereocenters. The molecule has 128 valence electrons. The van der Waals surface area contributed by atoms with E-state index in [-0.39, 0.29) is 11.6 Å². The van der Waals surface area contributed by atoms with Gasteiger partial charge in [0.2, 0.25) is 0 Å². The normalized spacial score (nSPS) is 11.0. The van der Waals surface area contributed by atoms with Crippen molar-refractivity contribution in [3.05, 3.63) is 47.8 Å². The molecule has 6 nitrogen and oxygen atoms in total. The number of benzene rings is 1. The summed E-state index contributed by atoms with van der Waals surface area (Å²) in [5.41, 5.74) is 6.54. The number of carbonyl (C=O) groups excluding carboxylic acids is 1. The molecule has 4 N–H and O–H groups in total. The van der Waals surface area contributed by atoms with Gasteiger partial charge in [0, 0.05) is 6.54 Å². The zero-order valence-electron chi connectivity index (χ0n) is 13.9. The Balaban J connectivity index is 1.96. The van der Waals surface area contributed by atoms with Gasteiger partial charge in [-0.3, -0.25) is 5.32 Å². The van der Waals surface area contributed by atoms with Crippen LogP contribution in [-0.4, -0.2) is 16.7 Å².